The van der Waals surface area contributed by atoms with Gasteiger partial charge in [-0.1, -0.05) is 0 Å². The second-order valence-corrected chi connectivity index (χ2v) is 5.84. The van der Waals surface area contributed by atoms with E-state index in [2.05, 4.69) is 21.2 Å². The molecule has 1 aliphatic rings. The first kappa shape index (κ1) is 12.2. The number of hydrogen-bond donors (Lipinski definition) is 1. The average molecular weight is 304 g/mol. The number of thiophene rings is 1. The standard InChI is InChI=1S/C11H14BrNO2S/c1-15-8-3-10(13-5-8)11(14)4-9-2-7(12)6-16-9/h2,6,8,10,13H,3-5H2,1H3. The van der Waals surface area contributed by atoms with Crippen molar-refractivity contribution in [2.24, 2.45) is 0 Å². The molecule has 88 valence electrons. The maximum atomic E-state index is 12.0. The van der Waals surface area contributed by atoms with Gasteiger partial charge in [-0.15, -0.1) is 11.3 Å². The molecule has 0 spiro atoms. The van der Waals surface area contributed by atoms with Crippen molar-refractivity contribution < 1.29 is 9.53 Å². The van der Waals surface area contributed by atoms with Crippen LogP contribution in [0.25, 0.3) is 0 Å². The van der Waals surface area contributed by atoms with Crippen LogP contribution in [0.15, 0.2) is 15.9 Å². The van der Waals surface area contributed by atoms with E-state index in [1.165, 1.54) is 0 Å². The largest absolute Gasteiger partial charge is 0.380 e. The van der Waals surface area contributed by atoms with E-state index in [0.29, 0.717) is 6.42 Å². The summed E-state index contributed by atoms with van der Waals surface area (Å²) in [6.07, 6.45) is 1.50. The summed E-state index contributed by atoms with van der Waals surface area (Å²) in [7, 11) is 1.69. The minimum atomic E-state index is -0.0363. The summed E-state index contributed by atoms with van der Waals surface area (Å²) >= 11 is 5.01. The number of rotatable bonds is 4. The van der Waals surface area contributed by atoms with Crippen molar-refractivity contribution in [1.29, 1.82) is 0 Å². The maximum absolute atomic E-state index is 12.0. The Hall–Kier alpha value is -0.230. The van der Waals surface area contributed by atoms with Gasteiger partial charge in [0.25, 0.3) is 0 Å². The van der Waals surface area contributed by atoms with Gasteiger partial charge in [0.2, 0.25) is 0 Å². The zero-order chi connectivity index (χ0) is 11.5. The van der Waals surface area contributed by atoms with Gasteiger partial charge in [0.15, 0.2) is 5.78 Å². The first-order chi connectivity index (χ1) is 7.69. The maximum Gasteiger partial charge on any atom is 0.155 e. The smallest absolute Gasteiger partial charge is 0.155 e. The fourth-order valence-electron chi connectivity index (χ4n) is 1.87. The molecule has 0 amide bonds. The molecule has 0 saturated carbocycles. The van der Waals surface area contributed by atoms with Crippen molar-refractivity contribution in [3.05, 3.63) is 20.8 Å². The van der Waals surface area contributed by atoms with Crippen LogP contribution in [0.4, 0.5) is 0 Å². The van der Waals surface area contributed by atoms with E-state index in [1.54, 1.807) is 18.4 Å². The van der Waals surface area contributed by atoms with Gasteiger partial charge in [0, 0.05) is 34.8 Å². The lowest BCUT2D eigenvalue weighted by atomic mass is 10.1. The Labute approximate surface area is 107 Å². The van der Waals surface area contributed by atoms with Crippen molar-refractivity contribution in [3.63, 3.8) is 0 Å². The third-order valence-electron chi connectivity index (χ3n) is 2.78. The summed E-state index contributed by atoms with van der Waals surface area (Å²) in [6.45, 7) is 0.779. The van der Waals surface area contributed by atoms with Crippen LogP contribution < -0.4 is 5.32 Å². The fraction of sp³-hybridized carbons (Fsp3) is 0.545. The summed E-state index contributed by atoms with van der Waals surface area (Å²) in [5.41, 5.74) is 0. The Bertz CT molecular complexity index is 380. The first-order valence-corrected chi connectivity index (χ1v) is 6.88. The Kier molecular flexibility index (Phi) is 4.13. The molecule has 2 unspecified atom stereocenters. The van der Waals surface area contributed by atoms with Crippen LogP contribution in [0.2, 0.25) is 0 Å². The summed E-state index contributed by atoms with van der Waals surface area (Å²) < 4.78 is 6.28. The van der Waals surface area contributed by atoms with Crippen LogP contribution in [0.5, 0.6) is 0 Å². The van der Waals surface area contributed by atoms with E-state index in [1.807, 2.05) is 11.4 Å². The second-order valence-electron chi connectivity index (χ2n) is 3.93. The van der Waals surface area contributed by atoms with E-state index < -0.39 is 0 Å². The van der Waals surface area contributed by atoms with Crippen LogP contribution in [0.3, 0.4) is 0 Å². The topological polar surface area (TPSA) is 38.3 Å². The molecule has 1 aliphatic heterocycles. The molecular weight excluding hydrogens is 290 g/mol. The number of nitrogens with one attached hydrogen (secondary N) is 1. The van der Waals surface area contributed by atoms with Gasteiger partial charge in [-0.2, -0.15) is 0 Å². The lowest BCUT2D eigenvalue weighted by Crippen LogP contribution is -2.31. The van der Waals surface area contributed by atoms with Crippen LogP contribution in [-0.2, 0) is 16.0 Å². The number of carbonyl (C=O) groups is 1. The van der Waals surface area contributed by atoms with Crippen LogP contribution in [0.1, 0.15) is 11.3 Å². The molecule has 3 nitrogen and oxygen atoms in total. The van der Waals surface area contributed by atoms with E-state index in [9.17, 15) is 4.79 Å². The lowest BCUT2D eigenvalue weighted by molar-refractivity contribution is -0.120. The van der Waals surface area contributed by atoms with E-state index in [0.717, 1.165) is 22.3 Å². The molecule has 5 heteroatoms. The van der Waals surface area contributed by atoms with Gasteiger partial charge in [-0.05, 0) is 28.4 Å². The van der Waals surface area contributed by atoms with E-state index in [4.69, 9.17) is 4.74 Å². The Balaban J connectivity index is 1.89. The summed E-state index contributed by atoms with van der Waals surface area (Å²) in [5.74, 6) is 0.258. The molecule has 0 bridgehead atoms. The molecule has 0 radical (unpaired) electrons. The molecular formula is C11H14BrNO2S. The van der Waals surface area contributed by atoms with Crippen molar-refractivity contribution in [2.75, 3.05) is 13.7 Å². The third-order valence-corrected chi connectivity index (χ3v) is 4.48. The van der Waals surface area contributed by atoms with E-state index in [-0.39, 0.29) is 17.9 Å². The van der Waals surface area contributed by atoms with Gasteiger partial charge in [0.05, 0.1) is 12.1 Å². The predicted molar refractivity (Wildman–Crippen MR) is 67.9 cm³/mol. The zero-order valence-corrected chi connectivity index (χ0v) is 11.4. The first-order valence-electron chi connectivity index (χ1n) is 5.21. The van der Waals surface area contributed by atoms with Crippen LogP contribution in [-0.4, -0.2) is 31.6 Å². The number of methoxy groups -OCH3 is 1. The minimum Gasteiger partial charge on any atom is -0.380 e. The summed E-state index contributed by atoms with van der Waals surface area (Å²) in [5, 5.41) is 5.21. The minimum absolute atomic E-state index is 0.0363. The lowest BCUT2D eigenvalue weighted by Gasteiger charge is -2.07. The van der Waals surface area contributed by atoms with Crippen molar-refractivity contribution in [2.45, 2.75) is 25.0 Å². The van der Waals surface area contributed by atoms with Crippen LogP contribution in [0, 0.1) is 0 Å². The van der Waals surface area contributed by atoms with Crippen molar-refractivity contribution in [3.8, 4) is 0 Å². The molecule has 16 heavy (non-hydrogen) atoms. The fourth-order valence-corrected chi connectivity index (χ4v) is 3.33. The Morgan fingerprint density at radius 3 is 3.12 bits per heavy atom. The molecule has 1 aromatic heterocycles. The Morgan fingerprint density at radius 1 is 1.75 bits per heavy atom. The molecule has 1 saturated heterocycles. The highest BCUT2D eigenvalue weighted by atomic mass is 79.9. The average Bonchev–Trinajstić information content (AvgIpc) is 2.87. The van der Waals surface area contributed by atoms with Gasteiger partial charge >= 0.3 is 0 Å². The highest BCUT2D eigenvalue weighted by molar-refractivity contribution is 9.10. The van der Waals surface area contributed by atoms with Gasteiger partial charge < -0.3 is 10.1 Å². The predicted octanol–water partition coefficient (Wildman–Crippen LogP) is 2.00. The number of Topliss-reactive ketones (excluding diaryl/α,β-unsaturated/α-hetero) is 1. The molecule has 0 aliphatic carbocycles. The molecule has 1 fully saturated rings. The SMILES string of the molecule is COC1CNC(C(=O)Cc2cc(Br)cs2)C1. The van der Waals surface area contributed by atoms with Gasteiger partial charge in [0.1, 0.15) is 0 Å². The summed E-state index contributed by atoms with van der Waals surface area (Å²) in [4.78, 5) is 13.1. The third kappa shape index (κ3) is 2.91. The molecule has 2 atom stereocenters. The van der Waals surface area contributed by atoms with Crippen molar-refractivity contribution >= 4 is 33.0 Å². The monoisotopic (exact) mass is 303 g/mol. The van der Waals surface area contributed by atoms with E-state index >= 15 is 0 Å². The zero-order valence-electron chi connectivity index (χ0n) is 9.03. The number of ether oxygens (including phenoxy) is 1. The highest BCUT2D eigenvalue weighted by Crippen LogP contribution is 2.21. The number of carbonyl (C=O) groups excluding carboxylic acids is 1. The molecule has 0 aromatic carbocycles. The second kappa shape index (κ2) is 5.40. The highest BCUT2D eigenvalue weighted by Gasteiger charge is 2.29. The number of hydrogen-bond acceptors (Lipinski definition) is 4. The summed E-state index contributed by atoms with van der Waals surface area (Å²) in [6, 6.07) is 1.97. The number of halogens is 1. The number of ketones is 1. The van der Waals surface area contributed by atoms with Gasteiger partial charge in [-0.3, -0.25) is 4.79 Å². The normalized spacial score (nSPS) is 24.9. The molecule has 1 N–H and O–H groups in total. The van der Waals surface area contributed by atoms with Crippen molar-refractivity contribution in [1.82, 2.24) is 5.32 Å². The quantitative estimate of drug-likeness (QED) is 0.924. The molecule has 2 heterocycles. The van der Waals surface area contributed by atoms with Gasteiger partial charge in [-0.25, -0.2) is 0 Å². The molecule has 2 rings (SSSR count). The Morgan fingerprint density at radius 2 is 2.56 bits per heavy atom. The molecule has 1 aromatic rings. The van der Waals surface area contributed by atoms with Crippen LogP contribution >= 0.6 is 27.3 Å².